The summed E-state index contributed by atoms with van der Waals surface area (Å²) in [5, 5.41) is 0. The molecular weight excluding hydrogens is 188 g/mol. The molecule has 0 amide bonds. The van der Waals surface area contributed by atoms with Crippen LogP contribution in [0.15, 0.2) is 11.1 Å². The largest absolute Gasteiger partial charge is 0.526 e. The van der Waals surface area contributed by atoms with Crippen LogP contribution in [0.3, 0.4) is 0 Å². The maximum absolute atomic E-state index is 11.1. The highest BCUT2D eigenvalue weighted by molar-refractivity contribution is 7.22. The summed E-state index contributed by atoms with van der Waals surface area (Å²) >= 11 is 0. The number of carbonyl (C=O) groups is 1. The molecule has 5 heteroatoms. The van der Waals surface area contributed by atoms with E-state index in [0.29, 0.717) is 0 Å². The molecule has 0 fully saturated rings. The van der Waals surface area contributed by atoms with Gasteiger partial charge in [0.25, 0.3) is 0 Å². The topological polar surface area (TPSA) is 26.3 Å². The lowest BCUT2D eigenvalue weighted by molar-refractivity contribution is -0.129. The van der Waals surface area contributed by atoms with Crippen LogP contribution in [0.25, 0.3) is 0 Å². The smallest absolute Gasteiger partial charge is 0.319 e. The van der Waals surface area contributed by atoms with Gasteiger partial charge in [0.1, 0.15) is 0 Å². The van der Waals surface area contributed by atoms with Crippen LogP contribution in [0.2, 0.25) is 0 Å². The molecule has 0 aliphatic carbocycles. The second-order valence-electron chi connectivity index (χ2n) is 2.76. The normalized spacial score (nSPS) is 11.5. The molecule has 0 aromatic carbocycles. The molecule has 0 radical (unpaired) electrons. The van der Waals surface area contributed by atoms with Crippen LogP contribution in [-0.2, 0) is 9.22 Å². The summed E-state index contributed by atoms with van der Waals surface area (Å²) in [6.45, 7) is 5.72. The van der Waals surface area contributed by atoms with Crippen LogP contribution in [0.4, 0.5) is 0 Å². The fraction of sp³-hybridized carbons (Fsp3) is 0.500. The summed E-state index contributed by atoms with van der Waals surface area (Å²) in [5.74, 6) is -0.0694. The Morgan fingerprint density at radius 1 is 1.36 bits per heavy atom. The maximum atomic E-state index is 11.1. The molecule has 11 heavy (non-hydrogen) atoms. The van der Waals surface area contributed by atoms with Gasteiger partial charge in [-0.2, -0.15) is 0 Å². The lowest BCUT2D eigenvalue weighted by Gasteiger charge is -2.04. The highest BCUT2D eigenvalue weighted by atomic mass is 29.5. The minimum atomic E-state index is -0.384. The van der Waals surface area contributed by atoms with Gasteiger partial charge in [-0.15, -0.1) is 0 Å². The van der Waals surface area contributed by atoms with Crippen LogP contribution in [0.1, 0.15) is 20.8 Å². The third kappa shape index (κ3) is 4.33. The average molecular weight is 204 g/mol. The van der Waals surface area contributed by atoms with Crippen molar-refractivity contribution in [1.82, 2.24) is 0 Å². The Balaban J connectivity index is 3.95. The lowest BCUT2D eigenvalue weighted by atomic mass is 10.2. The van der Waals surface area contributed by atoms with Gasteiger partial charge < -0.3 is 4.43 Å². The Morgan fingerprint density at radius 2 is 1.91 bits per heavy atom. The van der Waals surface area contributed by atoms with Crippen LogP contribution < -0.4 is 0 Å². The van der Waals surface area contributed by atoms with Crippen molar-refractivity contribution < 1.29 is 9.22 Å². The fourth-order valence-electron chi connectivity index (χ4n) is 0.507. The molecule has 0 saturated heterocycles. The minimum Gasteiger partial charge on any atom is -0.526 e. The van der Waals surface area contributed by atoms with Crippen LogP contribution in [-0.4, -0.2) is 33.6 Å². The van der Waals surface area contributed by atoms with Crippen molar-refractivity contribution in [2.45, 2.75) is 20.8 Å². The third-order valence-electron chi connectivity index (χ3n) is 1.49. The molecule has 64 valence electrons. The molecule has 0 N–H and O–H groups in total. The molecule has 0 unspecified atom stereocenters. The van der Waals surface area contributed by atoms with Crippen LogP contribution in [0.5, 0.6) is 0 Å². The van der Waals surface area contributed by atoms with E-state index in [9.17, 15) is 4.79 Å². The van der Waals surface area contributed by atoms with E-state index in [1.54, 1.807) is 0 Å². The average Bonchev–Trinajstić information content (AvgIpc) is 1.98. The number of hydrogen-bond donors (Lipinski definition) is 0. The standard InChI is InChI=1S/C6H16O2Si3/c1-4(2)5(3)6(7)8-10-11-9/h10-11H2,1-3,9H3. The molecule has 0 bridgehead atoms. The highest BCUT2D eigenvalue weighted by Crippen LogP contribution is 2.02. The molecular formula is C6H16O2Si3. The van der Waals surface area contributed by atoms with Gasteiger partial charge in [0.15, 0.2) is 9.28 Å². The van der Waals surface area contributed by atoms with Gasteiger partial charge >= 0.3 is 5.97 Å². The SMILES string of the molecule is CC(C)=C(C)C(=O)O[SiH2][SiH2][SiH3]. The molecule has 0 saturated carbocycles. The van der Waals surface area contributed by atoms with Crippen molar-refractivity contribution in [1.29, 1.82) is 0 Å². The third-order valence-corrected chi connectivity index (χ3v) is 7.88. The van der Waals surface area contributed by atoms with Crippen molar-refractivity contribution in [3.8, 4) is 0 Å². The van der Waals surface area contributed by atoms with E-state index in [-0.39, 0.29) is 23.8 Å². The first-order valence-corrected chi connectivity index (χ1v) is 14.1. The van der Waals surface area contributed by atoms with E-state index in [2.05, 4.69) is 0 Å². The summed E-state index contributed by atoms with van der Waals surface area (Å²) < 4.78 is 5.15. The molecule has 0 heterocycles. The Hall–Kier alpha value is -0.139. The van der Waals surface area contributed by atoms with Gasteiger partial charge in [-0.05, 0) is 30.5 Å². The molecule has 0 atom stereocenters. The van der Waals surface area contributed by atoms with Crippen LogP contribution >= 0.6 is 0 Å². The summed E-state index contributed by atoms with van der Waals surface area (Å²) in [5.41, 5.74) is 1.86. The predicted octanol–water partition coefficient (Wildman–Crippen LogP) is -1.67. The van der Waals surface area contributed by atoms with Crippen molar-refractivity contribution in [2.24, 2.45) is 0 Å². The van der Waals surface area contributed by atoms with Crippen LogP contribution in [0, 0.1) is 0 Å². The van der Waals surface area contributed by atoms with E-state index in [0.717, 1.165) is 11.1 Å². The van der Waals surface area contributed by atoms with Crippen molar-refractivity contribution >= 4 is 33.6 Å². The predicted molar refractivity (Wildman–Crippen MR) is 57.2 cm³/mol. The van der Waals surface area contributed by atoms with Gasteiger partial charge in [0, 0.05) is 14.1 Å². The van der Waals surface area contributed by atoms with Gasteiger partial charge in [0.05, 0.1) is 0 Å². The lowest BCUT2D eigenvalue weighted by Crippen LogP contribution is -2.15. The van der Waals surface area contributed by atoms with E-state index in [4.69, 9.17) is 4.43 Å². The number of allylic oxidation sites excluding steroid dienone is 1. The quantitative estimate of drug-likeness (QED) is 0.406. The Kier molecular flexibility index (Phi) is 5.43. The maximum Gasteiger partial charge on any atom is 0.319 e. The van der Waals surface area contributed by atoms with E-state index < -0.39 is 0 Å². The second-order valence-corrected chi connectivity index (χ2v) is 17.7. The number of rotatable bonds is 3. The van der Waals surface area contributed by atoms with Crippen molar-refractivity contribution in [2.75, 3.05) is 0 Å². The second kappa shape index (κ2) is 5.50. The zero-order valence-corrected chi connectivity index (χ0v) is 12.6. The Morgan fingerprint density at radius 3 is 2.27 bits per heavy atom. The Bertz CT molecular complexity index is 173. The summed E-state index contributed by atoms with van der Waals surface area (Å²) in [4.78, 5) is 11.1. The number of carbonyl (C=O) groups excluding carboxylic acids is 1. The van der Waals surface area contributed by atoms with Gasteiger partial charge in [0.2, 0.25) is 0 Å². The first kappa shape index (κ1) is 10.9. The van der Waals surface area contributed by atoms with Crippen molar-refractivity contribution in [3.63, 3.8) is 0 Å². The minimum absolute atomic E-state index is 0.0694. The Labute approximate surface area is 75.2 Å². The van der Waals surface area contributed by atoms with Crippen molar-refractivity contribution in [3.05, 3.63) is 11.1 Å². The molecule has 0 aromatic heterocycles. The van der Waals surface area contributed by atoms with E-state index in [1.165, 1.54) is 9.76 Å². The van der Waals surface area contributed by atoms with Gasteiger partial charge in [-0.1, -0.05) is 5.57 Å². The molecule has 0 rings (SSSR count). The van der Waals surface area contributed by atoms with Gasteiger partial charge in [-0.3, -0.25) is 0 Å². The fourth-order valence-corrected chi connectivity index (χ4v) is 4.12. The zero-order chi connectivity index (χ0) is 8.85. The summed E-state index contributed by atoms with van der Waals surface area (Å²) in [6.07, 6.45) is 0. The molecule has 0 aliphatic rings. The summed E-state index contributed by atoms with van der Waals surface area (Å²) in [6, 6.07) is 0. The number of hydrogen-bond acceptors (Lipinski definition) is 2. The molecule has 0 aromatic rings. The first-order chi connectivity index (χ1) is 5.09. The monoisotopic (exact) mass is 204 g/mol. The van der Waals surface area contributed by atoms with E-state index in [1.807, 2.05) is 20.8 Å². The van der Waals surface area contributed by atoms with E-state index >= 15 is 0 Å². The first-order valence-electron chi connectivity index (χ1n) is 3.90. The molecule has 0 spiro atoms. The molecule has 0 aliphatic heterocycles. The highest BCUT2D eigenvalue weighted by Gasteiger charge is 2.04. The zero-order valence-electron chi connectivity index (χ0n) is 7.73. The summed E-state index contributed by atoms with van der Waals surface area (Å²) in [7, 11) is 1.04. The molecule has 2 nitrogen and oxygen atoms in total. The van der Waals surface area contributed by atoms with Gasteiger partial charge in [-0.25, -0.2) is 4.79 Å².